The van der Waals surface area contributed by atoms with Crippen molar-refractivity contribution in [1.82, 2.24) is 15.3 Å². The smallest absolute Gasteiger partial charge is 0.137 e. The first kappa shape index (κ1) is 18.4. The zero-order chi connectivity index (χ0) is 19.6. The van der Waals surface area contributed by atoms with E-state index in [1.807, 2.05) is 12.4 Å². The Labute approximate surface area is 171 Å². The fourth-order valence-corrected chi connectivity index (χ4v) is 4.83. The van der Waals surface area contributed by atoms with Gasteiger partial charge in [-0.3, -0.25) is 0 Å². The lowest BCUT2D eigenvalue weighted by atomic mass is 9.84. The highest BCUT2D eigenvalue weighted by molar-refractivity contribution is 5.85. The third kappa shape index (κ3) is 3.55. The van der Waals surface area contributed by atoms with Crippen molar-refractivity contribution in [3.63, 3.8) is 0 Å². The van der Waals surface area contributed by atoms with E-state index in [1.165, 1.54) is 29.5 Å². The minimum absolute atomic E-state index is 0.394. The van der Waals surface area contributed by atoms with Crippen molar-refractivity contribution in [3.05, 3.63) is 53.3 Å². The predicted molar refractivity (Wildman–Crippen MR) is 114 cm³/mol. The SMILES string of the molecule is N#CCc1c[nH]c2ncc(-c3ccc(C4CCOCC4)c([C@@H]4CCCN4)c3)cc12. The molecular weight excluding hydrogens is 360 g/mol. The summed E-state index contributed by atoms with van der Waals surface area (Å²) in [5.74, 6) is 0.586. The Hall–Kier alpha value is -2.68. The van der Waals surface area contributed by atoms with Gasteiger partial charge in [0.1, 0.15) is 5.65 Å². The molecule has 1 atom stereocenters. The summed E-state index contributed by atoms with van der Waals surface area (Å²) < 4.78 is 5.59. The summed E-state index contributed by atoms with van der Waals surface area (Å²) >= 11 is 0. The number of aromatic nitrogens is 2. The van der Waals surface area contributed by atoms with E-state index in [1.54, 1.807) is 0 Å². The quantitative estimate of drug-likeness (QED) is 0.686. The van der Waals surface area contributed by atoms with Crippen LogP contribution in [0.3, 0.4) is 0 Å². The van der Waals surface area contributed by atoms with Gasteiger partial charge in [-0.05, 0) is 72.5 Å². The highest BCUT2D eigenvalue weighted by atomic mass is 16.5. The molecule has 3 aromatic rings. The van der Waals surface area contributed by atoms with Crippen LogP contribution >= 0.6 is 0 Å². The Balaban J connectivity index is 1.56. The molecule has 5 rings (SSSR count). The van der Waals surface area contributed by atoms with Crippen LogP contribution in [0.25, 0.3) is 22.2 Å². The van der Waals surface area contributed by atoms with Crippen molar-refractivity contribution in [2.75, 3.05) is 19.8 Å². The number of ether oxygens (including phenoxy) is 1. The monoisotopic (exact) mass is 386 g/mol. The Morgan fingerprint density at radius 2 is 2.00 bits per heavy atom. The Morgan fingerprint density at radius 1 is 1.10 bits per heavy atom. The first-order valence-corrected chi connectivity index (χ1v) is 10.6. The molecule has 2 N–H and O–H groups in total. The summed E-state index contributed by atoms with van der Waals surface area (Å²) in [6.45, 7) is 2.82. The van der Waals surface area contributed by atoms with Crippen molar-refractivity contribution < 1.29 is 4.74 Å². The number of H-pyrrole nitrogens is 1. The van der Waals surface area contributed by atoms with Crippen LogP contribution in [-0.2, 0) is 11.2 Å². The van der Waals surface area contributed by atoms with E-state index in [0.29, 0.717) is 18.4 Å². The van der Waals surface area contributed by atoms with Crippen LogP contribution in [0.5, 0.6) is 0 Å². The van der Waals surface area contributed by atoms with E-state index < -0.39 is 0 Å². The second kappa shape index (κ2) is 7.98. The van der Waals surface area contributed by atoms with Gasteiger partial charge >= 0.3 is 0 Å². The Bertz CT molecular complexity index is 1050. The van der Waals surface area contributed by atoms with Gasteiger partial charge < -0.3 is 15.0 Å². The van der Waals surface area contributed by atoms with Gasteiger partial charge in [0.25, 0.3) is 0 Å². The number of nitriles is 1. The van der Waals surface area contributed by atoms with Gasteiger partial charge in [0, 0.05) is 42.6 Å². The van der Waals surface area contributed by atoms with Crippen molar-refractivity contribution in [2.24, 2.45) is 0 Å². The molecule has 2 aromatic heterocycles. The number of benzene rings is 1. The minimum atomic E-state index is 0.394. The van der Waals surface area contributed by atoms with Crippen LogP contribution in [0.2, 0.25) is 0 Å². The normalized spacial score (nSPS) is 20.2. The first-order chi connectivity index (χ1) is 14.3. The Kier molecular flexibility index (Phi) is 5.05. The lowest BCUT2D eigenvalue weighted by Crippen LogP contribution is -2.19. The van der Waals surface area contributed by atoms with Gasteiger partial charge in [0.2, 0.25) is 0 Å². The molecule has 0 bridgehead atoms. The molecule has 1 aromatic carbocycles. The molecule has 2 aliphatic heterocycles. The van der Waals surface area contributed by atoms with Gasteiger partial charge in [-0.25, -0.2) is 4.98 Å². The van der Waals surface area contributed by atoms with Crippen molar-refractivity contribution >= 4 is 11.0 Å². The molecule has 29 heavy (non-hydrogen) atoms. The van der Waals surface area contributed by atoms with E-state index in [2.05, 4.69) is 45.6 Å². The van der Waals surface area contributed by atoms with Crippen molar-refractivity contribution in [1.29, 1.82) is 5.26 Å². The van der Waals surface area contributed by atoms with Crippen LogP contribution in [-0.4, -0.2) is 29.7 Å². The van der Waals surface area contributed by atoms with Crippen LogP contribution in [0, 0.1) is 11.3 Å². The van der Waals surface area contributed by atoms with Gasteiger partial charge in [-0.1, -0.05) is 12.1 Å². The second-order valence-electron chi connectivity index (χ2n) is 8.15. The number of hydrogen-bond donors (Lipinski definition) is 2. The van der Waals surface area contributed by atoms with Crippen LogP contribution < -0.4 is 5.32 Å². The summed E-state index contributed by atoms with van der Waals surface area (Å²) in [7, 11) is 0. The van der Waals surface area contributed by atoms with E-state index in [-0.39, 0.29) is 0 Å². The van der Waals surface area contributed by atoms with E-state index in [4.69, 9.17) is 10.00 Å². The van der Waals surface area contributed by atoms with Gasteiger partial charge in [0.15, 0.2) is 0 Å². The maximum atomic E-state index is 9.10. The molecule has 0 saturated carbocycles. The van der Waals surface area contributed by atoms with E-state index in [9.17, 15) is 0 Å². The second-order valence-corrected chi connectivity index (χ2v) is 8.15. The molecule has 5 nitrogen and oxygen atoms in total. The number of pyridine rings is 1. The molecule has 2 saturated heterocycles. The van der Waals surface area contributed by atoms with Crippen molar-refractivity contribution in [2.45, 2.75) is 44.1 Å². The summed E-state index contributed by atoms with van der Waals surface area (Å²) in [4.78, 5) is 7.78. The standard InChI is InChI=1S/C24H26N4O/c25-8-5-18-14-27-24-21(18)13-19(15-28-24)17-3-4-20(16-6-10-29-11-7-16)22(12-17)23-2-1-9-26-23/h3-4,12-16,23,26H,1-2,5-7,9-11H2,(H,27,28)/t23-/m0/s1. The largest absolute Gasteiger partial charge is 0.381 e. The molecule has 148 valence electrons. The number of fused-ring (bicyclic) bond motifs is 1. The predicted octanol–water partition coefficient (Wildman–Crippen LogP) is 4.61. The third-order valence-electron chi connectivity index (χ3n) is 6.40. The topological polar surface area (TPSA) is 73.7 Å². The number of hydrogen-bond acceptors (Lipinski definition) is 4. The summed E-state index contributed by atoms with van der Waals surface area (Å²) in [5, 5.41) is 13.8. The summed E-state index contributed by atoms with van der Waals surface area (Å²) in [5.41, 5.74) is 7.08. The maximum absolute atomic E-state index is 9.10. The third-order valence-corrected chi connectivity index (χ3v) is 6.40. The molecular formula is C24H26N4O. The summed E-state index contributed by atoms with van der Waals surface area (Å²) in [6, 6.07) is 11.8. The number of nitrogens with one attached hydrogen (secondary N) is 2. The van der Waals surface area contributed by atoms with Crippen LogP contribution in [0.15, 0.2) is 36.7 Å². The maximum Gasteiger partial charge on any atom is 0.137 e. The van der Waals surface area contributed by atoms with E-state index >= 15 is 0 Å². The fourth-order valence-electron chi connectivity index (χ4n) is 4.83. The average Bonchev–Trinajstić information content (AvgIpc) is 3.45. The number of rotatable bonds is 4. The number of nitrogens with zero attached hydrogens (tertiary/aromatic N) is 2. The van der Waals surface area contributed by atoms with Gasteiger partial charge in [-0.15, -0.1) is 0 Å². The molecule has 0 amide bonds. The summed E-state index contributed by atoms with van der Waals surface area (Å²) in [6.07, 6.45) is 8.86. The highest BCUT2D eigenvalue weighted by Gasteiger charge is 2.25. The zero-order valence-corrected chi connectivity index (χ0v) is 16.6. The molecule has 0 aliphatic carbocycles. The van der Waals surface area contributed by atoms with Gasteiger partial charge in [-0.2, -0.15) is 5.26 Å². The number of aromatic amines is 1. The molecule has 4 heterocycles. The molecule has 2 aliphatic rings. The minimum Gasteiger partial charge on any atom is -0.381 e. The zero-order valence-electron chi connectivity index (χ0n) is 16.6. The van der Waals surface area contributed by atoms with Gasteiger partial charge in [0.05, 0.1) is 12.5 Å². The van der Waals surface area contributed by atoms with Crippen molar-refractivity contribution in [3.8, 4) is 17.2 Å². The Morgan fingerprint density at radius 3 is 2.79 bits per heavy atom. The molecule has 0 spiro atoms. The molecule has 0 unspecified atom stereocenters. The molecule has 0 radical (unpaired) electrons. The van der Waals surface area contributed by atoms with Crippen LogP contribution in [0.4, 0.5) is 0 Å². The lowest BCUT2D eigenvalue weighted by molar-refractivity contribution is 0.0851. The fraction of sp³-hybridized carbons (Fsp3) is 0.417. The first-order valence-electron chi connectivity index (χ1n) is 10.6. The lowest BCUT2D eigenvalue weighted by Gasteiger charge is -2.27. The molecule has 5 heteroatoms. The van der Waals surface area contributed by atoms with E-state index in [0.717, 1.165) is 54.8 Å². The highest BCUT2D eigenvalue weighted by Crippen LogP contribution is 2.37. The molecule has 2 fully saturated rings. The van der Waals surface area contributed by atoms with Crippen LogP contribution in [0.1, 0.15) is 54.3 Å². The average molecular weight is 386 g/mol.